The van der Waals surface area contributed by atoms with Crippen LogP contribution in [0.2, 0.25) is 0 Å². The molecule has 5 heteroatoms. The second kappa shape index (κ2) is 7.97. The van der Waals surface area contributed by atoms with Crippen LogP contribution in [0.4, 0.5) is 0 Å². The van der Waals surface area contributed by atoms with Crippen LogP contribution in [0.5, 0.6) is 5.75 Å². The van der Waals surface area contributed by atoms with Gasteiger partial charge in [0.2, 0.25) is 0 Å². The number of primary amides is 1. The van der Waals surface area contributed by atoms with Crippen LogP contribution in [0.25, 0.3) is 6.08 Å². The molecule has 0 bridgehead atoms. The maximum Gasteiger partial charge on any atom is 0.265 e. The Morgan fingerprint density at radius 1 is 1.04 bits per heavy atom. The second-order valence-electron chi connectivity index (χ2n) is 5.48. The maximum atomic E-state index is 12.1. The van der Waals surface area contributed by atoms with Crippen molar-refractivity contribution in [2.45, 2.75) is 20.0 Å². The number of rotatable bonds is 6. The Morgan fingerprint density at radius 2 is 1.67 bits per heavy atom. The minimum absolute atomic E-state index is 0.0291. The van der Waals surface area contributed by atoms with E-state index in [2.05, 4.69) is 5.32 Å². The first-order valence-corrected chi connectivity index (χ1v) is 7.60. The highest BCUT2D eigenvalue weighted by molar-refractivity contribution is 6.04. The van der Waals surface area contributed by atoms with Gasteiger partial charge in [-0.3, -0.25) is 9.59 Å². The Balaban J connectivity index is 2.16. The Bertz CT molecular complexity index is 735. The summed E-state index contributed by atoms with van der Waals surface area (Å²) in [5.41, 5.74) is 6.57. The van der Waals surface area contributed by atoms with Crippen molar-refractivity contribution >= 4 is 17.9 Å². The first kappa shape index (κ1) is 17.3. The quantitative estimate of drug-likeness (QED) is 0.802. The van der Waals surface area contributed by atoms with Crippen LogP contribution in [0.1, 0.15) is 29.8 Å². The van der Waals surface area contributed by atoms with Crippen LogP contribution in [0.15, 0.2) is 60.3 Å². The molecule has 5 nitrogen and oxygen atoms in total. The van der Waals surface area contributed by atoms with E-state index < -0.39 is 5.91 Å². The summed E-state index contributed by atoms with van der Waals surface area (Å²) < 4.78 is 5.56. The molecule has 0 unspecified atom stereocenters. The molecule has 2 amide bonds. The van der Waals surface area contributed by atoms with Gasteiger partial charge in [-0.25, -0.2) is 0 Å². The van der Waals surface area contributed by atoms with E-state index in [0.717, 1.165) is 11.3 Å². The molecule has 0 atom stereocenters. The molecule has 0 fully saturated rings. The molecule has 2 aromatic carbocycles. The summed E-state index contributed by atoms with van der Waals surface area (Å²) in [4.78, 5) is 23.7. The largest absolute Gasteiger partial charge is 0.491 e. The number of benzene rings is 2. The third kappa shape index (κ3) is 4.98. The fourth-order valence-electron chi connectivity index (χ4n) is 2.03. The van der Waals surface area contributed by atoms with Crippen molar-refractivity contribution in [3.8, 4) is 5.75 Å². The lowest BCUT2D eigenvalue weighted by Crippen LogP contribution is -2.31. The minimum Gasteiger partial charge on any atom is -0.491 e. The number of nitrogens with one attached hydrogen (secondary N) is 1. The van der Waals surface area contributed by atoms with E-state index in [1.54, 1.807) is 48.5 Å². The molecule has 0 aromatic heterocycles. The zero-order chi connectivity index (χ0) is 17.5. The molecule has 2 aromatic rings. The van der Waals surface area contributed by atoms with Gasteiger partial charge in [-0.15, -0.1) is 0 Å². The Morgan fingerprint density at radius 3 is 2.21 bits per heavy atom. The SMILES string of the molecule is CC(C)Oc1ccc(/C=C(\NC(=O)c2ccccc2)C(N)=O)cc1. The number of hydrogen-bond donors (Lipinski definition) is 2. The smallest absolute Gasteiger partial charge is 0.265 e. The highest BCUT2D eigenvalue weighted by atomic mass is 16.5. The van der Waals surface area contributed by atoms with Crippen LogP contribution in [-0.4, -0.2) is 17.9 Å². The topological polar surface area (TPSA) is 81.4 Å². The zero-order valence-corrected chi connectivity index (χ0v) is 13.7. The monoisotopic (exact) mass is 324 g/mol. The molecular formula is C19H20N2O3. The van der Waals surface area contributed by atoms with Crippen molar-refractivity contribution in [1.29, 1.82) is 0 Å². The van der Waals surface area contributed by atoms with Crippen LogP contribution >= 0.6 is 0 Å². The molecule has 124 valence electrons. The molecule has 0 heterocycles. The lowest BCUT2D eigenvalue weighted by Gasteiger charge is -2.10. The van der Waals surface area contributed by atoms with Crippen molar-refractivity contribution in [2.75, 3.05) is 0 Å². The van der Waals surface area contributed by atoms with Crippen molar-refractivity contribution in [1.82, 2.24) is 5.32 Å². The molecule has 0 aliphatic carbocycles. The fourth-order valence-corrected chi connectivity index (χ4v) is 2.03. The van der Waals surface area contributed by atoms with Gasteiger partial charge in [-0.1, -0.05) is 30.3 Å². The summed E-state index contributed by atoms with van der Waals surface area (Å²) in [6, 6.07) is 15.8. The van der Waals surface area contributed by atoms with Gasteiger partial charge in [0, 0.05) is 5.56 Å². The van der Waals surface area contributed by atoms with Gasteiger partial charge in [0.15, 0.2) is 0 Å². The van der Waals surface area contributed by atoms with Crippen LogP contribution < -0.4 is 15.8 Å². The summed E-state index contributed by atoms with van der Waals surface area (Å²) in [7, 11) is 0. The third-order valence-corrected chi connectivity index (χ3v) is 3.11. The van der Waals surface area contributed by atoms with Crippen molar-refractivity contribution in [2.24, 2.45) is 5.73 Å². The Kier molecular flexibility index (Phi) is 5.73. The molecule has 0 aliphatic rings. The second-order valence-corrected chi connectivity index (χ2v) is 5.48. The molecule has 0 radical (unpaired) electrons. The van der Waals surface area contributed by atoms with E-state index in [9.17, 15) is 9.59 Å². The number of amides is 2. The lowest BCUT2D eigenvalue weighted by molar-refractivity contribution is -0.114. The Hall–Kier alpha value is -3.08. The van der Waals surface area contributed by atoms with Crippen molar-refractivity contribution < 1.29 is 14.3 Å². The average molecular weight is 324 g/mol. The first-order valence-electron chi connectivity index (χ1n) is 7.60. The van der Waals surface area contributed by atoms with Crippen LogP contribution in [-0.2, 0) is 4.79 Å². The summed E-state index contributed by atoms with van der Waals surface area (Å²) in [6.07, 6.45) is 1.61. The zero-order valence-electron chi connectivity index (χ0n) is 13.7. The predicted octanol–water partition coefficient (Wildman–Crippen LogP) is 2.73. The highest BCUT2D eigenvalue weighted by Crippen LogP contribution is 2.15. The number of carbonyl (C=O) groups is 2. The van der Waals surface area contributed by atoms with Crippen LogP contribution in [0, 0.1) is 0 Å². The van der Waals surface area contributed by atoms with Gasteiger partial charge in [-0.2, -0.15) is 0 Å². The molecule has 0 saturated carbocycles. The molecule has 24 heavy (non-hydrogen) atoms. The van der Waals surface area contributed by atoms with Gasteiger partial charge in [0.1, 0.15) is 11.4 Å². The summed E-state index contributed by atoms with van der Waals surface area (Å²) in [5.74, 6) is -0.363. The van der Waals surface area contributed by atoms with Gasteiger partial charge in [-0.05, 0) is 49.8 Å². The minimum atomic E-state index is -0.707. The van der Waals surface area contributed by atoms with E-state index in [4.69, 9.17) is 10.5 Å². The van der Waals surface area contributed by atoms with E-state index in [0.29, 0.717) is 5.56 Å². The van der Waals surface area contributed by atoms with Crippen molar-refractivity contribution in [3.05, 3.63) is 71.4 Å². The van der Waals surface area contributed by atoms with Gasteiger partial charge in [0.05, 0.1) is 6.10 Å². The molecule has 2 rings (SSSR count). The normalized spacial score (nSPS) is 11.2. The molecular weight excluding hydrogens is 304 g/mol. The number of carbonyl (C=O) groups excluding carboxylic acids is 2. The van der Waals surface area contributed by atoms with E-state index in [1.807, 2.05) is 19.9 Å². The van der Waals surface area contributed by atoms with Gasteiger partial charge in [0.25, 0.3) is 11.8 Å². The summed E-state index contributed by atoms with van der Waals surface area (Å²) in [6.45, 7) is 3.89. The summed E-state index contributed by atoms with van der Waals surface area (Å²) >= 11 is 0. The lowest BCUT2D eigenvalue weighted by atomic mass is 10.1. The fraction of sp³-hybridized carbons (Fsp3) is 0.158. The standard InChI is InChI=1S/C19H20N2O3/c1-13(2)24-16-10-8-14(9-11-16)12-17(18(20)22)21-19(23)15-6-4-3-5-7-15/h3-13H,1-2H3,(H2,20,22)(H,21,23)/b17-12-. The first-order chi connectivity index (χ1) is 11.5. The van der Waals surface area contributed by atoms with E-state index in [-0.39, 0.29) is 17.7 Å². The predicted molar refractivity (Wildman–Crippen MR) is 93.3 cm³/mol. The summed E-state index contributed by atoms with van der Waals surface area (Å²) in [5, 5.41) is 2.54. The Labute approximate surface area is 141 Å². The van der Waals surface area contributed by atoms with Gasteiger partial charge < -0.3 is 15.8 Å². The van der Waals surface area contributed by atoms with Gasteiger partial charge >= 0.3 is 0 Å². The molecule has 3 N–H and O–H groups in total. The third-order valence-electron chi connectivity index (χ3n) is 3.11. The molecule has 0 spiro atoms. The van der Waals surface area contributed by atoms with Crippen LogP contribution in [0.3, 0.4) is 0 Å². The van der Waals surface area contributed by atoms with Crippen molar-refractivity contribution in [3.63, 3.8) is 0 Å². The average Bonchev–Trinajstić information content (AvgIpc) is 2.56. The molecule has 0 saturated heterocycles. The highest BCUT2D eigenvalue weighted by Gasteiger charge is 2.11. The maximum absolute atomic E-state index is 12.1. The number of hydrogen-bond acceptors (Lipinski definition) is 3. The number of ether oxygens (including phenoxy) is 1. The van der Waals surface area contributed by atoms with E-state index in [1.165, 1.54) is 6.08 Å². The number of nitrogens with two attached hydrogens (primary N) is 1. The molecule has 0 aliphatic heterocycles. The van der Waals surface area contributed by atoms with E-state index >= 15 is 0 Å².